The molecule has 0 saturated heterocycles. The number of hydrogen-bond acceptors (Lipinski definition) is 5. The van der Waals surface area contributed by atoms with E-state index >= 15 is 0 Å². The highest BCUT2D eigenvalue weighted by Crippen LogP contribution is 2.36. The summed E-state index contributed by atoms with van der Waals surface area (Å²) in [6.07, 6.45) is 0. The van der Waals surface area contributed by atoms with Crippen LogP contribution in [0.2, 0.25) is 0 Å². The predicted octanol–water partition coefficient (Wildman–Crippen LogP) is 2.97. The molecule has 5 heteroatoms. The summed E-state index contributed by atoms with van der Waals surface area (Å²) in [5.74, 6) is 1.20. The molecular weight excluding hydrogens is 264 g/mol. The van der Waals surface area contributed by atoms with Gasteiger partial charge in [0.05, 0.1) is 7.11 Å². The summed E-state index contributed by atoms with van der Waals surface area (Å²) in [7, 11) is 1.38. The Morgan fingerprint density at radius 3 is 2.74 bits per heavy atom. The van der Waals surface area contributed by atoms with Gasteiger partial charge in [0.1, 0.15) is 18.1 Å². The number of carbonyl (C=O) groups is 1. The fraction of sp³-hybridized carbons (Fsp3) is 0.214. The smallest absolute Gasteiger partial charge is 0.348 e. The number of hydrogen-bond donors (Lipinski definition) is 0. The van der Waals surface area contributed by atoms with Crippen molar-refractivity contribution in [3.05, 3.63) is 35.2 Å². The number of ether oxygens (including phenoxy) is 3. The van der Waals surface area contributed by atoms with E-state index in [9.17, 15) is 4.79 Å². The number of thiophene rings is 1. The van der Waals surface area contributed by atoms with Crippen LogP contribution in [-0.2, 0) is 4.74 Å². The van der Waals surface area contributed by atoms with E-state index in [1.807, 2.05) is 24.3 Å². The topological polar surface area (TPSA) is 44.8 Å². The number of benzene rings is 1. The van der Waals surface area contributed by atoms with Gasteiger partial charge in [-0.25, -0.2) is 4.79 Å². The van der Waals surface area contributed by atoms with Crippen LogP contribution in [0.1, 0.15) is 9.67 Å². The highest BCUT2D eigenvalue weighted by atomic mass is 32.1. The summed E-state index contributed by atoms with van der Waals surface area (Å²) in [4.78, 5) is 13.0. The lowest BCUT2D eigenvalue weighted by atomic mass is 10.1. The van der Waals surface area contributed by atoms with Crippen LogP contribution in [0.25, 0.3) is 10.4 Å². The first kappa shape index (κ1) is 12.0. The zero-order valence-corrected chi connectivity index (χ0v) is 11.2. The largest absolute Gasteiger partial charge is 0.486 e. The average Bonchev–Trinajstić information content (AvgIpc) is 2.95. The average molecular weight is 276 g/mol. The second-order valence-corrected chi connectivity index (χ2v) is 5.10. The van der Waals surface area contributed by atoms with Crippen LogP contribution in [0, 0.1) is 0 Å². The molecule has 4 nitrogen and oxygen atoms in total. The lowest BCUT2D eigenvalue weighted by molar-refractivity contribution is 0.0606. The molecule has 0 spiro atoms. The van der Waals surface area contributed by atoms with Crippen molar-refractivity contribution >= 4 is 17.3 Å². The van der Waals surface area contributed by atoms with Gasteiger partial charge < -0.3 is 14.2 Å². The lowest BCUT2D eigenvalue weighted by Crippen LogP contribution is -2.15. The molecule has 1 aromatic heterocycles. The van der Waals surface area contributed by atoms with Crippen LogP contribution in [0.15, 0.2) is 30.3 Å². The third-order valence-corrected chi connectivity index (χ3v) is 3.93. The van der Waals surface area contributed by atoms with Crippen LogP contribution < -0.4 is 9.47 Å². The van der Waals surface area contributed by atoms with E-state index in [-0.39, 0.29) is 5.97 Å². The quantitative estimate of drug-likeness (QED) is 0.791. The van der Waals surface area contributed by atoms with Gasteiger partial charge in [-0.3, -0.25) is 0 Å². The molecule has 3 rings (SSSR count). The summed E-state index contributed by atoms with van der Waals surface area (Å²) in [5, 5.41) is 0. The summed E-state index contributed by atoms with van der Waals surface area (Å²) < 4.78 is 15.7. The van der Waals surface area contributed by atoms with Gasteiger partial charge in [0.15, 0.2) is 11.5 Å². The molecule has 0 saturated carbocycles. The number of methoxy groups -OCH3 is 1. The molecule has 0 N–H and O–H groups in total. The van der Waals surface area contributed by atoms with Crippen molar-refractivity contribution < 1.29 is 19.0 Å². The second kappa shape index (κ2) is 4.93. The minimum Gasteiger partial charge on any atom is -0.486 e. The maximum absolute atomic E-state index is 11.4. The Labute approximate surface area is 114 Å². The molecule has 0 radical (unpaired) electrons. The molecule has 19 heavy (non-hydrogen) atoms. The maximum atomic E-state index is 11.4. The monoisotopic (exact) mass is 276 g/mol. The van der Waals surface area contributed by atoms with Crippen molar-refractivity contribution in [2.45, 2.75) is 0 Å². The first-order valence-electron chi connectivity index (χ1n) is 5.86. The third-order valence-electron chi connectivity index (χ3n) is 2.82. The summed E-state index contributed by atoms with van der Waals surface area (Å²) in [6, 6.07) is 9.45. The number of fused-ring (bicyclic) bond motifs is 1. The van der Waals surface area contributed by atoms with Crippen molar-refractivity contribution in [2.24, 2.45) is 0 Å². The van der Waals surface area contributed by atoms with Gasteiger partial charge in [-0.05, 0) is 35.9 Å². The van der Waals surface area contributed by atoms with Crippen molar-refractivity contribution in [3.63, 3.8) is 0 Å². The molecular formula is C14H12O4S. The van der Waals surface area contributed by atoms with E-state index in [2.05, 4.69) is 0 Å². The van der Waals surface area contributed by atoms with Crippen LogP contribution in [0.3, 0.4) is 0 Å². The van der Waals surface area contributed by atoms with Crippen LogP contribution in [0.4, 0.5) is 0 Å². The SMILES string of the molecule is COC(=O)c1ccc(-c2ccc3c(c2)OCCO3)s1. The van der Waals surface area contributed by atoms with Gasteiger partial charge in [0.25, 0.3) is 0 Å². The first-order chi connectivity index (χ1) is 9.28. The van der Waals surface area contributed by atoms with Crippen LogP contribution in [0.5, 0.6) is 11.5 Å². The lowest BCUT2D eigenvalue weighted by Gasteiger charge is -2.18. The van der Waals surface area contributed by atoms with E-state index in [4.69, 9.17) is 14.2 Å². The fourth-order valence-electron chi connectivity index (χ4n) is 1.90. The molecule has 2 heterocycles. The van der Waals surface area contributed by atoms with Gasteiger partial charge >= 0.3 is 5.97 Å². The van der Waals surface area contributed by atoms with Crippen molar-refractivity contribution in [1.29, 1.82) is 0 Å². The molecule has 1 aromatic carbocycles. The van der Waals surface area contributed by atoms with Gasteiger partial charge in [0, 0.05) is 4.88 Å². The number of esters is 1. The first-order valence-corrected chi connectivity index (χ1v) is 6.68. The van der Waals surface area contributed by atoms with Gasteiger partial charge in [-0.15, -0.1) is 11.3 Å². The zero-order valence-electron chi connectivity index (χ0n) is 10.3. The van der Waals surface area contributed by atoms with Crippen molar-refractivity contribution in [1.82, 2.24) is 0 Å². The molecule has 0 fully saturated rings. The van der Waals surface area contributed by atoms with Gasteiger partial charge in [-0.1, -0.05) is 0 Å². The second-order valence-electron chi connectivity index (χ2n) is 4.01. The molecule has 0 amide bonds. The molecule has 98 valence electrons. The van der Waals surface area contributed by atoms with Gasteiger partial charge in [-0.2, -0.15) is 0 Å². The van der Waals surface area contributed by atoms with E-state index in [0.29, 0.717) is 18.1 Å². The van der Waals surface area contributed by atoms with Crippen molar-refractivity contribution in [3.8, 4) is 21.9 Å². The molecule has 1 aliphatic rings. The van der Waals surface area contributed by atoms with Crippen molar-refractivity contribution in [2.75, 3.05) is 20.3 Å². The predicted molar refractivity (Wildman–Crippen MR) is 72.1 cm³/mol. The third kappa shape index (κ3) is 2.29. The zero-order chi connectivity index (χ0) is 13.2. The van der Waals surface area contributed by atoms with Crippen LogP contribution >= 0.6 is 11.3 Å². The Morgan fingerprint density at radius 1 is 1.16 bits per heavy atom. The number of rotatable bonds is 2. The summed E-state index contributed by atoms with van der Waals surface area (Å²) in [5.41, 5.74) is 1.00. The highest BCUT2D eigenvalue weighted by Gasteiger charge is 2.14. The Morgan fingerprint density at radius 2 is 1.95 bits per heavy atom. The Balaban J connectivity index is 1.93. The summed E-state index contributed by atoms with van der Waals surface area (Å²) >= 11 is 1.40. The maximum Gasteiger partial charge on any atom is 0.348 e. The highest BCUT2D eigenvalue weighted by molar-refractivity contribution is 7.17. The Hall–Kier alpha value is -2.01. The van der Waals surface area contributed by atoms with E-state index in [0.717, 1.165) is 21.9 Å². The molecule has 0 aliphatic carbocycles. The molecule has 0 unspecified atom stereocenters. The molecule has 0 bridgehead atoms. The Kier molecular flexibility index (Phi) is 3.13. The minimum absolute atomic E-state index is 0.311. The summed E-state index contributed by atoms with van der Waals surface area (Å²) in [6.45, 7) is 1.14. The van der Waals surface area contributed by atoms with E-state index in [1.165, 1.54) is 18.4 Å². The van der Waals surface area contributed by atoms with E-state index in [1.54, 1.807) is 6.07 Å². The minimum atomic E-state index is -0.311. The number of carbonyl (C=O) groups excluding carboxylic acids is 1. The fourth-order valence-corrected chi connectivity index (χ4v) is 2.82. The normalized spacial score (nSPS) is 13.1. The Bertz CT molecular complexity index is 618. The standard InChI is InChI=1S/C14H12O4S/c1-16-14(15)13-5-4-12(19-13)9-2-3-10-11(8-9)18-7-6-17-10/h2-5,8H,6-7H2,1H3. The van der Waals surface area contributed by atoms with Gasteiger partial charge in [0.2, 0.25) is 0 Å². The molecule has 1 aliphatic heterocycles. The molecule has 0 atom stereocenters. The van der Waals surface area contributed by atoms with E-state index < -0.39 is 0 Å². The molecule has 2 aromatic rings. The van der Waals surface area contributed by atoms with Crippen LogP contribution in [-0.4, -0.2) is 26.3 Å².